The molecule has 0 aliphatic carbocycles. The average molecular weight is 226 g/mol. The molecule has 90 valence electrons. The molecule has 0 fully saturated rings. The normalized spacial score (nSPS) is 14.5. The first-order chi connectivity index (χ1) is 7.52. The van der Waals surface area contributed by atoms with E-state index in [4.69, 9.17) is 5.11 Å². The standard InChI is InChI=1S/C10H18N4O2/c1-4-8-12-9(14-13-8)10(16)11-6(2)5-7(3)15/h6-7,15H,4-5H2,1-3H3,(H,11,16)(H,12,13,14). The lowest BCUT2D eigenvalue weighted by Gasteiger charge is -2.13. The lowest BCUT2D eigenvalue weighted by Crippen LogP contribution is -2.35. The van der Waals surface area contributed by atoms with Gasteiger partial charge >= 0.3 is 0 Å². The molecule has 1 rings (SSSR count). The summed E-state index contributed by atoms with van der Waals surface area (Å²) < 4.78 is 0. The third-order valence-corrected chi connectivity index (χ3v) is 2.14. The van der Waals surface area contributed by atoms with Crippen molar-refractivity contribution in [3.63, 3.8) is 0 Å². The number of aliphatic hydroxyl groups excluding tert-OH is 1. The van der Waals surface area contributed by atoms with E-state index in [1.165, 1.54) is 0 Å². The van der Waals surface area contributed by atoms with Crippen molar-refractivity contribution in [2.24, 2.45) is 0 Å². The smallest absolute Gasteiger partial charge is 0.291 e. The van der Waals surface area contributed by atoms with Gasteiger partial charge in [0.25, 0.3) is 5.91 Å². The lowest BCUT2D eigenvalue weighted by molar-refractivity contribution is 0.0913. The Morgan fingerprint density at radius 2 is 2.25 bits per heavy atom. The molecule has 1 amide bonds. The van der Waals surface area contributed by atoms with E-state index in [9.17, 15) is 4.79 Å². The van der Waals surface area contributed by atoms with Crippen molar-refractivity contribution in [1.82, 2.24) is 20.5 Å². The Kier molecular flexibility index (Phi) is 4.42. The van der Waals surface area contributed by atoms with Crippen molar-refractivity contribution in [2.45, 2.75) is 45.8 Å². The van der Waals surface area contributed by atoms with Gasteiger partial charge in [-0.15, -0.1) is 5.10 Å². The Balaban J connectivity index is 2.51. The fraction of sp³-hybridized carbons (Fsp3) is 0.700. The van der Waals surface area contributed by atoms with E-state index in [0.29, 0.717) is 18.7 Å². The van der Waals surface area contributed by atoms with Gasteiger partial charge in [0.1, 0.15) is 5.82 Å². The minimum absolute atomic E-state index is 0.101. The zero-order valence-electron chi connectivity index (χ0n) is 9.82. The van der Waals surface area contributed by atoms with Crippen LogP contribution in [0.2, 0.25) is 0 Å². The molecule has 0 bridgehead atoms. The van der Waals surface area contributed by atoms with Crippen molar-refractivity contribution in [1.29, 1.82) is 0 Å². The van der Waals surface area contributed by atoms with E-state index < -0.39 is 6.10 Å². The number of hydrogen-bond donors (Lipinski definition) is 3. The Morgan fingerprint density at radius 3 is 2.75 bits per heavy atom. The fourth-order valence-electron chi connectivity index (χ4n) is 1.41. The van der Waals surface area contributed by atoms with Gasteiger partial charge in [0.15, 0.2) is 0 Å². The number of carbonyl (C=O) groups excluding carboxylic acids is 1. The molecule has 0 aromatic carbocycles. The van der Waals surface area contributed by atoms with Crippen molar-refractivity contribution in [3.05, 3.63) is 11.6 Å². The monoisotopic (exact) mass is 226 g/mol. The number of amides is 1. The van der Waals surface area contributed by atoms with Gasteiger partial charge in [0.05, 0.1) is 6.10 Å². The van der Waals surface area contributed by atoms with Crippen LogP contribution in [0.5, 0.6) is 0 Å². The highest BCUT2D eigenvalue weighted by Gasteiger charge is 2.15. The van der Waals surface area contributed by atoms with E-state index in [2.05, 4.69) is 20.5 Å². The first-order valence-corrected chi connectivity index (χ1v) is 5.43. The van der Waals surface area contributed by atoms with Crippen LogP contribution in [-0.4, -0.2) is 38.3 Å². The van der Waals surface area contributed by atoms with Crippen molar-refractivity contribution in [3.8, 4) is 0 Å². The Morgan fingerprint density at radius 1 is 1.56 bits per heavy atom. The molecular weight excluding hydrogens is 208 g/mol. The zero-order valence-corrected chi connectivity index (χ0v) is 9.82. The van der Waals surface area contributed by atoms with Gasteiger partial charge < -0.3 is 10.4 Å². The van der Waals surface area contributed by atoms with Crippen LogP contribution >= 0.6 is 0 Å². The second-order valence-electron chi connectivity index (χ2n) is 3.92. The summed E-state index contributed by atoms with van der Waals surface area (Å²) >= 11 is 0. The number of aryl methyl sites for hydroxylation is 1. The molecule has 0 saturated heterocycles. The fourth-order valence-corrected chi connectivity index (χ4v) is 1.41. The van der Waals surface area contributed by atoms with E-state index in [1.54, 1.807) is 6.92 Å². The molecule has 3 N–H and O–H groups in total. The van der Waals surface area contributed by atoms with Gasteiger partial charge in [0, 0.05) is 12.5 Å². The van der Waals surface area contributed by atoms with Crippen molar-refractivity contribution >= 4 is 5.91 Å². The zero-order chi connectivity index (χ0) is 12.1. The Bertz CT molecular complexity index is 348. The molecule has 1 aromatic heterocycles. The number of rotatable bonds is 5. The first kappa shape index (κ1) is 12.6. The van der Waals surface area contributed by atoms with Gasteiger partial charge in [-0.2, -0.15) is 0 Å². The summed E-state index contributed by atoms with van der Waals surface area (Å²) in [6.07, 6.45) is 0.786. The molecule has 1 heterocycles. The Labute approximate surface area is 94.5 Å². The van der Waals surface area contributed by atoms with Crippen LogP contribution in [0.4, 0.5) is 0 Å². The van der Waals surface area contributed by atoms with Gasteiger partial charge in [-0.05, 0) is 20.3 Å². The number of aromatic amines is 1. The third-order valence-electron chi connectivity index (χ3n) is 2.14. The average Bonchev–Trinajstić information content (AvgIpc) is 2.64. The maximum Gasteiger partial charge on any atom is 0.291 e. The SMILES string of the molecule is CCc1nc(C(=O)NC(C)CC(C)O)n[nH]1. The summed E-state index contributed by atoms with van der Waals surface area (Å²) in [6, 6.07) is -0.101. The predicted molar refractivity (Wildman–Crippen MR) is 59.0 cm³/mol. The summed E-state index contributed by atoms with van der Waals surface area (Å²) in [7, 11) is 0. The van der Waals surface area contributed by atoms with Crippen molar-refractivity contribution < 1.29 is 9.90 Å². The quantitative estimate of drug-likeness (QED) is 0.671. The largest absolute Gasteiger partial charge is 0.393 e. The van der Waals surface area contributed by atoms with E-state index in [1.807, 2.05) is 13.8 Å². The van der Waals surface area contributed by atoms with E-state index >= 15 is 0 Å². The maximum atomic E-state index is 11.6. The molecule has 0 spiro atoms. The number of aromatic nitrogens is 3. The molecule has 16 heavy (non-hydrogen) atoms. The van der Waals surface area contributed by atoms with Crippen LogP contribution in [0.1, 0.15) is 43.6 Å². The van der Waals surface area contributed by atoms with Gasteiger partial charge in [-0.1, -0.05) is 6.92 Å². The molecule has 0 aliphatic rings. The summed E-state index contributed by atoms with van der Waals surface area (Å²) in [4.78, 5) is 15.6. The second kappa shape index (κ2) is 5.60. The van der Waals surface area contributed by atoms with E-state index in [0.717, 1.165) is 0 Å². The maximum absolute atomic E-state index is 11.6. The van der Waals surface area contributed by atoms with Crippen LogP contribution < -0.4 is 5.32 Å². The molecular formula is C10H18N4O2. The molecule has 1 aromatic rings. The van der Waals surface area contributed by atoms with Crippen molar-refractivity contribution in [2.75, 3.05) is 0 Å². The summed E-state index contributed by atoms with van der Waals surface area (Å²) in [5.74, 6) is 0.520. The number of nitrogens with zero attached hydrogens (tertiary/aromatic N) is 2. The molecule has 0 aliphatic heterocycles. The van der Waals surface area contributed by atoms with Crippen LogP contribution in [0.15, 0.2) is 0 Å². The first-order valence-electron chi connectivity index (χ1n) is 5.43. The molecule has 2 atom stereocenters. The van der Waals surface area contributed by atoms with E-state index in [-0.39, 0.29) is 17.8 Å². The summed E-state index contributed by atoms with van der Waals surface area (Å²) in [5.41, 5.74) is 0. The van der Waals surface area contributed by atoms with Gasteiger partial charge in [-0.25, -0.2) is 4.98 Å². The molecule has 0 saturated carbocycles. The van der Waals surface area contributed by atoms with Gasteiger partial charge in [-0.3, -0.25) is 9.89 Å². The third kappa shape index (κ3) is 3.62. The number of carbonyl (C=O) groups is 1. The summed E-state index contributed by atoms with van der Waals surface area (Å²) in [5, 5.41) is 18.4. The highest BCUT2D eigenvalue weighted by molar-refractivity contribution is 5.90. The minimum Gasteiger partial charge on any atom is -0.393 e. The Hall–Kier alpha value is -1.43. The van der Waals surface area contributed by atoms with Crippen LogP contribution in [-0.2, 0) is 6.42 Å². The van der Waals surface area contributed by atoms with Crippen LogP contribution in [0, 0.1) is 0 Å². The highest BCUT2D eigenvalue weighted by atomic mass is 16.3. The van der Waals surface area contributed by atoms with Crippen LogP contribution in [0.25, 0.3) is 0 Å². The number of nitrogens with one attached hydrogen (secondary N) is 2. The van der Waals surface area contributed by atoms with Crippen LogP contribution in [0.3, 0.4) is 0 Å². The molecule has 6 heteroatoms. The summed E-state index contributed by atoms with van der Waals surface area (Å²) in [6.45, 7) is 5.45. The highest BCUT2D eigenvalue weighted by Crippen LogP contribution is 1.99. The lowest BCUT2D eigenvalue weighted by atomic mass is 10.1. The topological polar surface area (TPSA) is 90.9 Å². The number of aliphatic hydroxyl groups is 1. The molecule has 0 radical (unpaired) electrons. The molecule has 6 nitrogen and oxygen atoms in total. The number of H-pyrrole nitrogens is 1. The predicted octanol–water partition coefficient (Wildman–Crippen LogP) is 0.256. The van der Waals surface area contributed by atoms with Gasteiger partial charge in [0.2, 0.25) is 5.82 Å². The molecule has 2 unspecified atom stereocenters. The minimum atomic E-state index is -0.436. The number of hydrogen-bond acceptors (Lipinski definition) is 4. The second-order valence-corrected chi connectivity index (χ2v) is 3.92.